The van der Waals surface area contributed by atoms with Crippen LogP contribution in [0.1, 0.15) is 18.1 Å². The summed E-state index contributed by atoms with van der Waals surface area (Å²) in [6, 6.07) is 15.1. The number of benzene rings is 2. The zero-order chi connectivity index (χ0) is 30.9. The average Bonchev–Trinajstić information content (AvgIpc) is 2.99. The molecule has 43 heavy (non-hydrogen) atoms. The number of carbonyl (C=O) groups is 3. The van der Waals surface area contributed by atoms with Crippen LogP contribution in [0.5, 0.6) is 0 Å². The van der Waals surface area contributed by atoms with Crippen molar-refractivity contribution in [2.45, 2.75) is 68.7 Å². The van der Waals surface area contributed by atoms with Crippen LogP contribution < -0.4 is 0 Å². The third kappa shape index (κ3) is 5.94. The lowest BCUT2D eigenvalue weighted by atomic mass is 9.79. The van der Waals surface area contributed by atoms with Crippen molar-refractivity contribution >= 4 is 18.0 Å². The monoisotopic (exact) mass is 598 g/mol. The third-order valence-electron chi connectivity index (χ3n) is 7.82. The molecule has 13 heteroatoms. The molecule has 0 aromatic heterocycles. The number of hydrogen-bond donors (Lipinski definition) is 3. The highest BCUT2D eigenvalue weighted by molar-refractivity contribution is 5.97. The summed E-state index contributed by atoms with van der Waals surface area (Å²) in [5.74, 6) is -3.36. The van der Waals surface area contributed by atoms with Gasteiger partial charge in [-0.25, -0.2) is 9.59 Å². The van der Waals surface area contributed by atoms with Crippen LogP contribution in [0.4, 0.5) is 9.59 Å². The van der Waals surface area contributed by atoms with Gasteiger partial charge in [0.05, 0.1) is 12.1 Å². The summed E-state index contributed by atoms with van der Waals surface area (Å²) in [7, 11) is 2.65. The van der Waals surface area contributed by atoms with Gasteiger partial charge in [0.15, 0.2) is 0 Å². The van der Waals surface area contributed by atoms with Gasteiger partial charge >= 0.3 is 12.2 Å². The summed E-state index contributed by atoms with van der Waals surface area (Å²) < 4.78 is 28.1. The molecule has 2 heterocycles. The molecule has 5 rings (SSSR count). The molecule has 1 saturated heterocycles. The van der Waals surface area contributed by atoms with Crippen molar-refractivity contribution in [3.05, 3.63) is 83.6 Å². The van der Waals surface area contributed by atoms with Crippen LogP contribution in [0, 0.1) is 0 Å². The van der Waals surface area contributed by atoms with Crippen LogP contribution in [0.15, 0.2) is 72.5 Å². The number of amides is 2. The lowest BCUT2D eigenvalue weighted by molar-refractivity contribution is -0.407. The quantitative estimate of drug-likeness (QED) is 0.439. The zero-order valence-corrected chi connectivity index (χ0v) is 23.8. The number of aliphatic hydroxyl groups excluding tert-OH is 2. The molecule has 2 amide bonds. The van der Waals surface area contributed by atoms with Gasteiger partial charge < -0.3 is 48.8 Å². The molecular formula is C30H34N2O11. The van der Waals surface area contributed by atoms with E-state index in [1.54, 1.807) is 48.5 Å². The number of hydrogen-bond acceptors (Lipinski definition) is 11. The summed E-state index contributed by atoms with van der Waals surface area (Å²) in [6.45, 7) is 1.32. The van der Waals surface area contributed by atoms with Crippen LogP contribution in [0.25, 0.3) is 0 Å². The Morgan fingerprint density at radius 2 is 1.35 bits per heavy atom. The fourth-order valence-corrected chi connectivity index (χ4v) is 5.54. The fourth-order valence-electron chi connectivity index (χ4n) is 5.54. The first-order valence-corrected chi connectivity index (χ1v) is 13.7. The Kier molecular flexibility index (Phi) is 8.71. The van der Waals surface area contributed by atoms with E-state index < -0.39 is 66.5 Å². The Morgan fingerprint density at radius 1 is 0.837 bits per heavy atom. The Balaban J connectivity index is 1.42. The van der Waals surface area contributed by atoms with Crippen LogP contribution in [0.2, 0.25) is 0 Å². The van der Waals surface area contributed by atoms with Gasteiger partial charge in [0.1, 0.15) is 43.4 Å². The van der Waals surface area contributed by atoms with E-state index in [0.717, 1.165) is 21.4 Å². The van der Waals surface area contributed by atoms with Gasteiger partial charge in [-0.3, -0.25) is 4.79 Å². The second-order valence-corrected chi connectivity index (χ2v) is 10.7. The lowest BCUT2D eigenvalue weighted by Crippen LogP contribution is -2.78. The van der Waals surface area contributed by atoms with E-state index in [0.29, 0.717) is 5.56 Å². The number of ether oxygens (including phenoxy) is 5. The predicted molar refractivity (Wildman–Crippen MR) is 147 cm³/mol. The van der Waals surface area contributed by atoms with Gasteiger partial charge in [0.2, 0.25) is 5.78 Å². The summed E-state index contributed by atoms with van der Waals surface area (Å²) in [5, 5.41) is 34.3. The number of aliphatic hydroxyl groups is 3. The second kappa shape index (κ2) is 12.3. The lowest BCUT2D eigenvalue weighted by Gasteiger charge is -2.56. The van der Waals surface area contributed by atoms with E-state index in [9.17, 15) is 29.7 Å². The van der Waals surface area contributed by atoms with Gasteiger partial charge in [0, 0.05) is 20.2 Å². The number of likely N-dealkylation sites (N-methyl/N-ethyl adjacent to an activating group) is 2. The summed E-state index contributed by atoms with van der Waals surface area (Å²) >= 11 is 0. The molecular weight excluding hydrogens is 564 g/mol. The van der Waals surface area contributed by atoms with Gasteiger partial charge in [-0.2, -0.15) is 0 Å². The SMILES string of the molecule is CC1=CC(=O)[C@]2(O)O[C@H]3[C@H](O[C@@H]2O1)[C@@H](O)[C@H](N(C)C(=O)OCc1ccccc1)[C@H](O)[C@@H]3N(C)C(=O)OCc1ccccc1. The first-order chi connectivity index (χ1) is 20.5. The maximum atomic E-state index is 13.2. The molecule has 8 atom stereocenters. The van der Waals surface area contributed by atoms with Crippen molar-refractivity contribution in [1.82, 2.24) is 9.80 Å². The number of fused-ring (bicyclic) bond motifs is 2. The van der Waals surface area contributed by atoms with Crippen molar-refractivity contribution in [2.24, 2.45) is 0 Å². The number of carbonyl (C=O) groups excluding carboxylic acids is 3. The van der Waals surface area contributed by atoms with Crippen molar-refractivity contribution in [3.8, 4) is 0 Å². The smallest absolute Gasteiger partial charge is 0.410 e. The molecule has 3 aliphatic rings. The molecule has 230 valence electrons. The van der Waals surface area contributed by atoms with Gasteiger partial charge in [-0.15, -0.1) is 0 Å². The highest BCUT2D eigenvalue weighted by atomic mass is 16.8. The minimum absolute atomic E-state index is 0.0690. The molecule has 1 aliphatic carbocycles. The Morgan fingerprint density at radius 3 is 1.88 bits per heavy atom. The van der Waals surface area contributed by atoms with E-state index in [-0.39, 0.29) is 19.0 Å². The molecule has 13 nitrogen and oxygen atoms in total. The van der Waals surface area contributed by atoms with Gasteiger partial charge in [-0.05, 0) is 18.1 Å². The molecule has 3 N–H and O–H groups in total. The largest absolute Gasteiger partial charge is 0.463 e. The highest BCUT2D eigenvalue weighted by Gasteiger charge is 2.65. The Hall–Kier alpha value is -4.01. The molecule has 0 radical (unpaired) electrons. The van der Waals surface area contributed by atoms with Crippen molar-refractivity contribution in [2.75, 3.05) is 14.1 Å². The van der Waals surface area contributed by atoms with E-state index in [4.69, 9.17) is 23.7 Å². The highest BCUT2D eigenvalue weighted by Crippen LogP contribution is 2.42. The first kappa shape index (κ1) is 30.4. The Labute approximate surface area is 247 Å². The van der Waals surface area contributed by atoms with E-state index in [1.807, 2.05) is 12.1 Å². The normalized spacial score (nSPS) is 31.4. The van der Waals surface area contributed by atoms with E-state index in [2.05, 4.69) is 0 Å². The molecule has 2 aliphatic heterocycles. The maximum Gasteiger partial charge on any atom is 0.410 e. The third-order valence-corrected chi connectivity index (χ3v) is 7.82. The van der Waals surface area contributed by atoms with Crippen molar-refractivity contribution in [3.63, 3.8) is 0 Å². The number of ketones is 1. The molecule has 0 unspecified atom stereocenters. The molecule has 0 bridgehead atoms. The van der Waals surface area contributed by atoms with Crippen molar-refractivity contribution in [1.29, 1.82) is 0 Å². The van der Waals surface area contributed by atoms with Gasteiger partial charge in [0.25, 0.3) is 12.1 Å². The molecule has 0 spiro atoms. The number of rotatable bonds is 6. The van der Waals surface area contributed by atoms with E-state index >= 15 is 0 Å². The topological polar surface area (TPSA) is 165 Å². The summed E-state index contributed by atoms with van der Waals surface area (Å²) in [5.41, 5.74) is 1.43. The maximum absolute atomic E-state index is 13.2. The standard InChI is InChI=1S/C30H34N2O11/c1-17-14-20(33)30(38)27(41-17)42-26-24(35)21(31(2)28(36)39-15-18-10-6-4-7-11-18)23(34)22(25(26)43-30)32(3)29(37)40-16-19-12-8-5-9-13-19/h4-14,21-27,34-35,38H,15-16H2,1-3H3/t21-,22+,23+,24+,25-,26-,27+,30+/m1/s1. The number of allylic oxidation sites excluding steroid dienone is 1. The zero-order valence-electron chi connectivity index (χ0n) is 23.8. The molecule has 1 saturated carbocycles. The van der Waals surface area contributed by atoms with Crippen LogP contribution in [0.3, 0.4) is 0 Å². The van der Waals surface area contributed by atoms with Crippen molar-refractivity contribution < 1.29 is 53.4 Å². The minimum Gasteiger partial charge on any atom is -0.463 e. The van der Waals surface area contributed by atoms with Gasteiger partial charge in [-0.1, -0.05) is 60.7 Å². The van der Waals surface area contributed by atoms with Crippen LogP contribution >= 0.6 is 0 Å². The predicted octanol–water partition coefficient (Wildman–Crippen LogP) is 1.30. The Bertz CT molecular complexity index is 1360. The summed E-state index contributed by atoms with van der Waals surface area (Å²) in [6.07, 6.45) is -8.52. The summed E-state index contributed by atoms with van der Waals surface area (Å²) in [4.78, 5) is 41.1. The number of nitrogens with zero attached hydrogens (tertiary/aromatic N) is 2. The molecule has 2 aromatic carbocycles. The van der Waals surface area contributed by atoms with Crippen LogP contribution in [-0.2, 0) is 41.7 Å². The van der Waals surface area contributed by atoms with E-state index in [1.165, 1.54) is 21.0 Å². The molecule has 2 aromatic rings. The first-order valence-electron chi connectivity index (χ1n) is 13.7. The average molecular weight is 599 g/mol. The second-order valence-electron chi connectivity index (χ2n) is 10.7. The minimum atomic E-state index is -2.62. The van der Waals surface area contributed by atoms with Crippen LogP contribution in [-0.4, -0.2) is 106 Å². The fraction of sp³-hybridized carbons (Fsp3) is 0.433. The molecule has 2 fully saturated rings.